The fraction of sp³-hybridized carbons (Fsp3) is 0. The van der Waals surface area contributed by atoms with Gasteiger partial charge in [-0.25, -0.2) is 0 Å². The fourth-order valence-corrected chi connectivity index (χ4v) is 2.47. The van der Waals surface area contributed by atoms with Crippen molar-refractivity contribution in [2.45, 2.75) is 0 Å². The Bertz CT molecular complexity index is 957. The molecule has 0 radical (unpaired) electrons. The van der Waals surface area contributed by atoms with Crippen LogP contribution in [0.3, 0.4) is 0 Å². The van der Waals surface area contributed by atoms with Crippen molar-refractivity contribution in [2.75, 3.05) is 5.32 Å². The van der Waals surface area contributed by atoms with Gasteiger partial charge < -0.3 is 9.73 Å². The Balaban J connectivity index is 1.70. The smallest absolute Gasteiger partial charge is 0.256 e. The number of carbonyl (C=O) groups is 1. The summed E-state index contributed by atoms with van der Waals surface area (Å²) < 4.78 is 5.42. The van der Waals surface area contributed by atoms with E-state index < -0.39 is 0 Å². The number of amides is 1. The number of hydrogen-bond acceptors (Lipinski definition) is 3. The lowest BCUT2D eigenvalue weighted by Gasteiger charge is -2.03. The van der Waals surface area contributed by atoms with Crippen molar-refractivity contribution >= 4 is 22.6 Å². The summed E-state index contributed by atoms with van der Waals surface area (Å²) in [6, 6.07) is 18.6. The zero-order valence-electron chi connectivity index (χ0n) is 12.1. The summed E-state index contributed by atoms with van der Waals surface area (Å²) in [5.41, 5.74) is 2.37. The van der Waals surface area contributed by atoms with Crippen LogP contribution in [0.4, 0.5) is 5.82 Å². The van der Waals surface area contributed by atoms with Crippen molar-refractivity contribution in [1.29, 1.82) is 0 Å². The van der Waals surface area contributed by atoms with E-state index >= 15 is 0 Å². The predicted octanol–water partition coefficient (Wildman–Crippen LogP) is 4.08. The molecule has 5 nitrogen and oxygen atoms in total. The summed E-state index contributed by atoms with van der Waals surface area (Å²) >= 11 is 0. The molecule has 4 rings (SSSR count). The second-order valence-corrected chi connectivity index (χ2v) is 5.13. The Kier molecular flexibility index (Phi) is 3.16. The number of H-pyrrole nitrogens is 1. The van der Waals surface area contributed by atoms with E-state index in [4.69, 9.17) is 4.42 Å². The predicted molar refractivity (Wildman–Crippen MR) is 88.2 cm³/mol. The maximum Gasteiger partial charge on any atom is 0.256 e. The molecule has 0 aliphatic rings. The van der Waals surface area contributed by atoms with Crippen LogP contribution in [-0.2, 0) is 0 Å². The number of carbonyl (C=O) groups excluding carboxylic acids is 1. The summed E-state index contributed by atoms with van der Waals surface area (Å²) in [5.74, 6) is 1.08. The number of nitrogens with one attached hydrogen (secondary N) is 2. The molecule has 2 aromatic carbocycles. The molecule has 0 saturated heterocycles. The highest BCUT2D eigenvalue weighted by atomic mass is 16.3. The van der Waals surface area contributed by atoms with E-state index in [0.29, 0.717) is 11.4 Å². The van der Waals surface area contributed by atoms with Gasteiger partial charge in [-0.2, -0.15) is 5.10 Å². The van der Waals surface area contributed by atoms with Crippen LogP contribution >= 0.6 is 0 Å². The van der Waals surface area contributed by atoms with Gasteiger partial charge in [0.05, 0.1) is 11.8 Å². The largest absolute Gasteiger partial charge is 0.464 e. The maximum atomic E-state index is 12.3. The van der Waals surface area contributed by atoms with Crippen molar-refractivity contribution < 1.29 is 9.21 Å². The van der Waals surface area contributed by atoms with Gasteiger partial charge >= 0.3 is 0 Å². The molecule has 4 aromatic rings. The third-order valence-corrected chi connectivity index (χ3v) is 3.64. The lowest BCUT2D eigenvalue weighted by Crippen LogP contribution is -2.12. The number of hydrogen-bond donors (Lipinski definition) is 2. The van der Waals surface area contributed by atoms with E-state index in [1.54, 1.807) is 18.4 Å². The van der Waals surface area contributed by atoms with Crippen LogP contribution in [0.1, 0.15) is 10.4 Å². The summed E-state index contributed by atoms with van der Waals surface area (Å²) in [5, 5.41) is 10.8. The highest BCUT2D eigenvalue weighted by molar-refractivity contribution is 6.08. The van der Waals surface area contributed by atoms with Crippen molar-refractivity contribution in [3.05, 3.63) is 72.5 Å². The number of fused-ring (bicyclic) bond motifs is 1. The third kappa shape index (κ3) is 2.48. The Morgan fingerprint density at radius 1 is 1.04 bits per heavy atom. The lowest BCUT2D eigenvalue weighted by atomic mass is 10.1. The number of furan rings is 1. The highest BCUT2D eigenvalue weighted by Crippen LogP contribution is 2.28. The Morgan fingerprint density at radius 2 is 1.91 bits per heavy atom. The molecule has 0 unspecified atom stereocenters. The first kappa shape index (κ1) is 13.3. The normalized spacial score (nSPS) is 10.8. The van der Waals surface area contributed by atoms with Crippen molar-refractivity contribution in [1.82, 2.24) is 10.2 Å². The summed E-state index contributed by atoms with van der Waals surface area (Å²) in [6.45, 7) is 0. The molecule has 2 aromatic heterocycles. The summed E-state index contributed by atoms with van der Waals surface area (Å²) in [6.07, 6.45) is 1.63. The van der Waals surface area contributed by atoms with Crippen molar-refractivity contribution in [3.63, 3.8) is 0 Å². The third-order valence-electron chi connectivity index (χ3n) is 3.64. The monoisotopic (exact) mass is 303 g/mol. The second-order valence-electron chi connectivity index (χ2n) is 5.13. The van der Waals surface area contributed by atoms with Crippen molar-refractivity contribution in [2.24, 2.45) is 0 Å². The molecule has 0 aliphatic carbocycles. The number of nitrogens with zero attached hydrogens (tertiary/aromatic N) is 1. The Morgan fingerprint density at radius 3 is 2.70 bits per heavy atom. The van der Waals surface area contributed by atoms with Crippen LogP contribution < -0.4 is 5.32 Å². The van der Waals surface area contributed by atoms with Gasteiger partial charge in [0.1, 0.15) is 5.76 Å². The van der Waals surface area contributed by atoms with E-state index in [-0.39, 0.29) is 5.91 Å². The average Bonchev–Trinajstić information content (AvgIpc) is 3.25. The van der Waals surface area contributed by atoms with Gasteiger partial charge in [-0.3, -0.25) is 9.89 Å². The zero-order valence-corrected chi connectivity index (χ0v) is 12.1. The molecule has 112 valence electrons. The number of rotatable bonds is 3. The van der Waals surface area contributed by atoms with Crippen LogP contribution in [0.15, 0.2) is 71.3 Å². The van der Waals surface area contributed by atoms with Gasteiger partial charge in [-0.05, 0) is 42.5 Å². The zero-order chi connectivity index (χ0) is 15.6. The molecule has 0 bridgehead atoms. The molecule has 0 fully saturated rings. The molecule has 0 atom stereocenters. The van der Waals surface area contributed by atoms with Crippen LogP contribution in [0.25, 0.3) is 22.2 Å². The number of benzene rings is 2. The quantitative estimate of drug-likeness (QED) is 0.599. The minimum atomic E-state index is -0.192. The molecule has 2 N–H and O–H groups in total. The first-order chi connectivity index (χ1) is 11.3. The van der Waals surface area contributed by atoms with E-state index in [2.05, 4.69) is 15.5 Å². The topological polar surface area (TPSA) is 70.9 Å². The van der Waals surface area contributed by atoms with Crippen LogP contribution in [0.5, 0.6) is 0 Å². The lowest BCUT2D eigenvalue weighted by molar-refractivity contribution is 0.102. The highest BCUT2D eigenvalue weighted by Gasteiger charge is 2.12. The molecule has 0 spiro atoms. The Hall–Kier alpha value is -3.34. The van der Waals surface area contributed by atoms with Crippen LogP contribution in [-0.4, -0.2) is 16.1 Å². The molecule has 0 saturated carbocycles. The molecular formula is C18H13N3O2. The maximum absolute atomic E-state index is 12.3. The average molecular weight is 303 g/mol. The minimum absolute atomic E-state index is 0.192. The van der Waals surface area contributed by atoms with Crippen LogP contribution in [0, 0.1) is 0 Å². The molecule has 23 heavy (non-hydrogen) atoms. The first-order valence-electron chi connectivity index (χ1n) is 7.20. The van der Waals surface area contributed by atoms with Gasteiger partial charge in [0.25, 0.3) is 5.91 Å². The molecular weight excluding hydrogens is 290 g/mol. The van der Waals surface area contributed by atoms with Gasteiger partial charge in [0, 0.05) is 16.5 Å². The van der Waals surface area contributed by atoms with Gasteiger partial charge in [-0.15, -0.1) is 0 Å². The SMILES string of the molecule is O=C(Nc1n[nH]c2ccc(-c3ccco3)cc12)c1ccccc1. The number of aromatic nitrogens is 2. The number of anilines is 1. The standard InChI is InChI=1S/C18H13N3O2/c22-18(12-5-2-1-3-6-12)19-17-14-11-13(16-7-4-10-23-16)8-9-15(14)20-21-17/h1-11H,(H2,19,20,21,22). The summed E-state index contributed by atoms with van der Waals surface area (Å²) in [7, 11) is 0. The molecule has 2 heterocycles. The number of aromatic amines is 1. The van der Waals surface area contributed by atoms with E-state index in [1.165, 1.54) is 0 Å². The molecule has 5 heteroatoms. The minimum Gasteiger partial charge on any atom is -0.464 e. The summed E-state index contributed by atoms with van der Waals surface area (Å²) in [4.78, 5) is 12.3. The molecule has 0 aliphatic heterocycles. The van der Waals surface area contributed by atoms with E-state index in [1.807, 2.05) is 48.5 Å². The second kappa shape index (κ2) is 5.46. The first-order valence-corrected chi connectivity index (χ1v) is 7.20. The van der Waals surface area contributed by atoms with Gasteiger partial charge in [-0.1, -0.05) is 18.2 Å². The van der Waals surface area contributed by atoms with Gasteiger partial charge in [0.15, 0.2) is 5.82 Å². The van der Waals surface area contributed by atoms with Crippen LogP contribution in [0.2, 0.25) is 0 Å². The van der Waals surface area contributed by atoms with Crippen molar-refractivity contribution in [3.8, 4) is 11.3 Å². The fourth-order valence-electron chi connectivity index (χ4n) is 2.47. The van der Waals surface area contributed by atoms with E-state index in [9.17, 15) is 4.79 Å². The molecule has 1 amide bonds. The van der Waals surface area contributed by atoms with E-state index in [0.717, 1.165) is 22.2 Å². The Labute approximate surface area is 131 Å². The van der Waals surface area contributed by atoms with Gasteiger partial charge in [0.2, 0.25) is 0 Å².